The minimum absolute atomic E-state index is 0.725. The number of rotatable bonds is 10. The van der Waals surface area contributed by atoms with Gasteiger partial charge in [0.05, 0.1) is 13.2 Å². The Balaban J connectivity index is 1.60. The molecule has 2 aliphatic rings. The molecule has 11 atom stereocenters. The Kier molecular flexibility index (Phi) is 9.05. The van der Waals surface area contributed by atoms with Crippen LogP contribution in [0.1, 0.15) is 6.23 Å². The smallest absolute Gasteiger partial charge is 0.394 e. The maximum absolute atomic E-state index is 12.1. The summed E-state index contributed by atoms with van der Waals surface area (Å²) in [4.78, 5) is 44.5. The fourth-order valence-electron chi connectivity index (χ4n) is 3.38. The molecular weight excluding hydrogens is 542 g/mol. The molecule has 3 heterocycles. The van der Waals surface area contributed by atoms with Crippen LogP contribution in [0.25, 0.3) is 0 Å². The molecule has 206 valence electrons. The van der Waals surface area contributed by atoms with E-state index in [1.165, 1.54) is 0 Å². The normalized spacial score (nSPS) is 36.9. The zero-order chi connectivity index (χ0) is 27.0. The van der Waals surface area contributed by atoms with E-state index < -0.39 is 95.4 Å². The molecule has 0 radical (unpaired) electrons. The van der Waals surface area contributed by atoms with Crippen LogP contribution in [0.15, 0.2) is 21.9 Å². The first-order valence-electron chi connectivity index (χ1n) is 9.99. The van der Waals surface area contributed by atoms with Crippen LogP contribution in [-0.4, -0.2) is 112 Å². The van der Waals surface area contributed by atoms with E-state index in [-0.39, 0.29) is 0 Å². The summed E-state index contributed by atoms with van der Waals surface area (Å²) in [6, 6.07) is 0.930. The monoisotopic (exact) mass is 566 g/mol. The maximum atomic E-state index is 12.1. The Morgan fingerprint density at radius 3 is 2.31 bits per heavy atom. The Morgan fingerprint density at radius 1 is 1.03 bits per heavy atom. The van der Waals surface area contributed by atoms with E-state index in [0.717, 1.165) is 16.8 Å². The van der Waals surface area contributed by atoms with Crippen molar-refractivity contribution in [1.29, 1.82) is 0 Å². The van der Waals surface area contributed by atoms with Crippen molar-refractivity contribution < 1.29 is 72.4 Å². The van der Waals surface area contributed by atoms with Crippen LogP contribution in [0.2, 0.25) is 0 Å². The summed E-state index contributed by atoms with van der Waals surface area (Å²) in [6.07, 6.45) is -15.1. The van der Waals surface area contributed by atoms with Gasteiger partial charge < -0.3 is 49.9 Å². The van der Waals surface area contributed by atoms with Gasteiger partial charge in [0.15, 0.2) is 12.5 Å². The first-order chi connectivity index (χ1) is 16.7. The summed E-state index contributed by atoms with van der Waals surface area (Å²) in [5.41, 5.74) is -1.74. The van der Waals surface area contributed by atoms with E-state index in [0.29, 0.717) is 0 Å². The Hall–Kier alpha value is -1.38. The minimum Gasteiger partial charge on any atom is -0.394 e. The zero-order valence-electron chi connectivity index (χ0n) is 17.9. The number of aliphatic hydroxyl groups excluding tert-OH is 6. The molecule has 2 fully saturated rings. The van der Waals surface area contributed by atoms with Crippen LogP contribution in [0.4, 0.5) is 0 Å². The predicted molar refractivity (Wildman–Crippen MR) is 109 cm³/mol. The number of aliphatic hydroxyl groups is 6. The second-order valence-electron chi connectivity index (χ2n) is 7.68. The van der Waals surface area contributed by atoms with Gasteiger partial charge in [0.1, 0.15) is 42.7 Å². The van der Waals surface area contributed by atoms with Gasteiger partial charge in [0.25, 0.3) is 5.56 Å². The molecule has 0 aliphatic carbocycles. The van der Waals surface area contributed by atoms with Gasteiger partial charge in [0, 0.05) is 12.3 Å². The number of aromatic nitrogens is 2. The van der Waals surface area contributed by atoms with Crippen LogP contribution in [-0.2, 0) is 32.0 Å². The largest absolute Gasteiger partial charge is 0.483 e. The van der Waals surface area contributed by atoms with E-state index in [9.17, 15) is 54.0 Å². The highest BCUT2D eigenvalue weighted by atomic mass is 31.3. The van der Waals surface area contributed by atoms with Gasteiger partial charge >= 0.3 is 21.3 Å². The quantitative estimate of drug-likeness (QED) is 0.120. The fourth-order valence-corrected chi connectivity index (χ4v) is 5.54. The number of ether oxygens (including phenoxy) is 2. The van der Waals surface area contributed by atoms with E-state index in [4.69, 9.17) is 14.6 Å². The van der Waals surface area contributed by atoms with Crippen LogP contribution >= 0.6 is 15.6 Å². The van der Waals surface area contributed by atoms with Crippen molar-refractivity contribution in [3.8, 4) is 0 Å². The van der Waals surface area contributed by atoms with Gasteiger partial charge in [-0.05, 0) is 0 Å². The number of hydrogen-bond acceptors (Lipinski definition) is 15. The molecule has 0 amide bonds. The third kappa shape index (κ3) is 6.54. The molecule has 1 aromatic rings. The van der Waals surface area contributed by atoms with Crippen molar-refractivity contribution in [2.24, 2.45) is 0 Å². The number of phosphoric ester groups is 2. The lowest BCUT2D eigenvalue weighted by atomic mass is 10.1. The highest BCUT2D eigenvalue weighted by Crippen LogP contribution is 2.61. The van der Waals surface area contributed by atoms with Gasteiger partial charge in [-0.3, -0.25) is 23.4 Å². The van der Waals surface area contributed by atoms with Gasteiger partial charge in [-0.1, -0.05) is 0 Å². The van der Waals surface area contributed by atoms with Crippen LogP contribution in [0.3, 0.4) is 0 Å². The van der Waals surface area contributed by atoms with Crippen molar-refractivity contribution in [2.75, 3.05) is 13.2 Å². The summed E-state index contributed by atoms with van der Waals surface area (Å²) < 4.78 is 48.0. The number of nitrogens with one attached hydrogen (secondary N) is 1. The first kappa shape index (κ1) is 29.2. The SMILES string of the molecule is O=c1ccn([C@@H]2O[C@H](COP(=O)(O)OP(=O)(O)O[C@H]3O[C@@H]([C@H](O)CO)[C@H](O)[C@H]3O)[C@@H](O)[C@H]2O)c(=O)[nH]1. The topological polar surface area (TPSA) is 297 Å². The minimum atomic E-state index is -5.56. The highest BCUT2D eigenvalue weighted by Gasteiger charge is 2.51. The highest BCUT2D eigenvalue weighted by molar-refractivity contribution is 7.61. The molecule has 0 bridgehead atoms. The zero-order valence-corrected chi connectivity index (χ0v) is 19.6. The average molecular weight is 566 g/mol. The van der Waals surface area contributed by atoms with Crippen molar-refractivity contribution in [2.45, 2.75) is 55.2 Å². The van der Waals surface area contributed by atoms with Gasteiger partial charge in [-0.2, -0.15) is 4.31 Å². The summed E-state index contributed by atoms with van der Waals surface area (Å²) in [6.45, 7) is -1.93. The van der Waals surface area contributed by atoms with Crippen molar-refractivity contribution in [3.63, 3.8) is 0 Å². The third-order valence-corrected chi connectivity index (χ3v) is 7.73. The van der Waals surface area contributed by atoms with Crippen molar-refractivity contribution in [1.82, 2.24) is 9.55 Å². The molecular formula is C15H24N2O17P2. The molecule has 2 aliphatic heterocycles. The summed E-state index contributed by atoms with van der Waals surface area (Å²) in [5.74, 6) is 0. The second kappa shape index (κ2) is 11.2. The molecule has 19 nitrogen and oxygen atoms in total. The standard InChI is InChI=1S/C15H24N2O17P2/c18-3-5(19)12-9(22)11(24)14(32-12)33-36(28,29)34-35(26,27)30-4-6-8(21)10(23)13(31-6)17-2-1-7(20)16-15(17)25/h1-2,5-6,8-14,18-19,21-24H,3-4H2,(H,26,27)(H,28,29)(H,16,20,25)/t5-,6-,8-,9-,10-,11-,12+,13-,14-/m1/s1. The van der Waals surface area contributed by atoms with Gasteiger partial charge in [0.2, 0.25) is 0 Å². The molecule has 2 saturated heterocycles. The Morgan fingerprint density at radius 2 is 1.69 bits per heavy atom. The molecule has 1 aromatic heterocycles. The maximum Gasteiger partial charge on any atom is 0.483 e. The van der Waals surface area contributed by atoms with Gasteiger partial charge in [-0.25, -0.2) is 13.9 Å². The number of phosphoric acid groups is 2. The number of aromatic amines is 1. The lowest BCUT2D eigenvalue weighted by Gasteiger charge is -2.22. The van der Waals surface area contributed by atoms with Crippen LogP contribution < -0.4 is 11.2 Å². The molecule has 9 N–H and O–H groups in total. The van der Waals surface area contributed by atoms with Crippen LogP contribution in [0.5, 0.6) is 0 Å². The van der Waals surface area contributed by atoms with Crippen molar-refractivity contribution in [3.05, 3.63) is 33.1 Å². The molecule has 0 spiro atoms. The molecule has 0 aromatic carbocycles. The van der Waals surface area contributed by atoms with E-state index in [1.807, 2.05) is 4.98 Å². The number of nitrogens with zero attached hydrogens (tertiary/aromatic N) is 1. The fraction of sp³-hybridized carbons (Fsp3) is 0.733. The average Bonchev–Trinajstić information content (AvgIpc) is 3.21. The third-order valence-electron chi connectivity index (χ3n) is 5.13. The van der Waals surface area contributed by atoms with Gasteiger partial charge in [-0.15, -0.1) is 0 Å². The van der Waals surface area contributed by atoms with Crippen molar-refractivity contribution >= 4 is 15.6 Å². The summed E-state index contributed by atoms with van der Waals surface area (Å²) >= 11 is 0. The van der Waals surface area contributed by atoms with E-state index in [1.54, 1.807) is 0 Å². The number of hydrogen-bond donors (Lipinski definition) is 9. The second-order valence-corrected chi connectivity index (χ2v) is 10.7. The molecule has 2 unspecified atom stereocenters. The number of H-pyrrole nitrogens is 1. The van der Waals surface area contributed by atoms with Crippen LogP contribution in [0, 0.1) is 0 Å². The van der Waals surface area contributed by atoms with E-state index in [2.05, 4.69) is 13.4 Å². The van der Waals surface area contributed by atoms with E-state index >= 15 is 0 Å². The molecule has 36 heavy (non-hydrogen) atoms. The predicted octanol–water partition coefficient (Wildman–Crippen LogP) is -4.79. The lowest BCUT2D eigenvalue weighted by Crippen LogP contribution is -2.40. The summed E-state index contributed by atoms with van der Waals surface area (Å²) in [7, 11) is -11.0. The molecule has 3 rings (SSSR count). The summed E-state index contributed by atoms with van der Waals surface area (Å²) in [5, 5.41) is 58.3. The molecule has 21 heteroatoms. The Bertz CT molecular complexity index is 1130. The Labute approximate surface area is 199 Å². The lowest BCUT2D eigenvalue weighted by molar-refractivity contribution is -0.144. The first-order valence-corrected chi connectivity index (χ1v) is 13.0. The molecule has 0 saturated carbocycles.